The Balaban J connectivity index is 0. The molecule has 0 aliphatic rings. The minimum Gasteiger partial charge on any atom is -0.344 e. The van der Waals surface area contributed by atoms with Gasteiger partial charge in [0.2, 0.25) is 0 Å². The molecular weight excluding hydrogens is 370 g/mol. The molecule has 0 aromatic carbocycles. The maximum absolute atomic E-state index is 10.6. The van der Waals surface area contributed by atoms with Crippen LogP contribution in [-0.2, 0) is 10.1 Å². The van der Waals surface area contributed by atoms with E-state index in [4.69, 9.17) is 4.55 Å². The second-order valence-corrected chi connectivity index (χ2v) is 9.93. The highest BCUT2D eigenvalue weighted by Gasteiger charge is 2.02. The summed E-state index contributed by atoms with van der Waals surface area (Å²) < 4.78 is 29.8. The zero-order valence-corrected chi connectivity index (χ0v) is 19.8. The van der Waals surface area contributed by atoms with Crippen molar-refractivity contribution in [3.05, 3.63) is 0 Å². The summed E-state index contributed by atoms with van der Waals surface area (Å²) in [5.41, 5.74) is 0. The van der Waals surface area contributed by atoms with Crippen LogP contribution in [0, 0.1) is 0 Å². The second kappa shape index (κ2) is 23.2. The van der Waals surface area contributed by atoms with E-state index in [0.29, 0.717) is 6.42 Å². The summed E-state index contributed by atoms with van der Waals surface area (Å²) in [6.45, 7) is 2.28. The molecular formula is C23H51NO3S. The van der Waals surface area contributed by atoms with Gasteiger partial charge in [0.1, 0.15) is 0 Å². The molecule has 0 aliphatic carbocycles. The van der Waals surface area contributed by atoms with Gasteiger partial charge in [0.15, 0.2) is 0 Å². The standard InChI is InChI=1S/C23H48O3S.H3N/c1-2-3-4-5-6-7-8-9-10-11-12-13-14-15-16-17-18-19-20-21-22-23-27(24,25)26;/h2-23H2,1H3,(H,24,25,26);1H3. The van der Waals surface area contributed by atoms with Crippen LogP contribution in [-0.4, -0.2) is 18.7 Å². The van der Waals surface area contributed by atoms with E-state index in [1.54, 1.807) is 0 Å². The molecule has 172 valence electrons. The molecule has 0 saturated heterocycles. The van der Waals surface area contributed by atoms with Gasteiger partial charge >= 0.3 is 0 Å². The van der Waals surface area contributed by atoms with Crippen LogP contribution in [0.1, 0.15) is 142 Å². The highest BCUT2D eigenvalue weighted by molar-refractivity contribution is 7.85. The third-order valence-electron chi connectivity index (χ3n) is 5.51. The van der Waals surface area contributed by atoms with Crippen molar-refractivity contribution in [3.8, 4) is 0 Å². The number of rotatable bonds is 22. The van der Waals surface area contributed by atoms with Crippen molar-refractivity contribution < 1.29 is 13.0 Å². The molecule has 0 bridgehead atoms. The lowest BCUT2D eigenvalue weighted by Gasteiger charge is -2.04. The topological polar surface area (TPSA) is 89.4 Å². The Morgan fingerprint density at radius 1 is 0.464 bits per heavy atom. The van der Waals surface area contributed by atoms with Gasteiger partial charge in [-0.05, 0) is 6.42 Å². The van der Waals surface area contributed by atoms with Crippen molar-refractivity contribution in [2.45, 2.75) is 142 Å². The second-order valence-electron chi connectivity index (χ2n) is 8.36. The largest absolute Gasteiger partial charge is 0.344 e. The van der Waals surface area contributed by atoms with Crippen LogP contribution in [0.2, 0.25) is 0 Å². The van der Waals surface area contributed by atoms with Crippen LogP contribution >= 0.6 is 0 Å². The van der Waals surface area contributed by atoms with Crippen LogP contribution < -0.4 is 6.15 Å². The fourth-order valence-electron chi connectivity index (χ4n) is 3.72. The average Bonchev–Trinajstić information content (AvgIpc) is 2.62. The first-order valence-corrected chi connectivity index (χ1v) is 13.6. The van der Waals surface area contributed by atoms with E-state index in [-0.39, 0.29) is 11.9 Å². The predicted octanol–water partition coefficient (Wildman–Crippen LogP) is 8.25. The maximum atomic E-state index is 10.6. The van der Waals surface area contributed by atoms with Crippen molar-refractivity contribution in [2.75, 3.05) is 5.75 Å². The molecule has 0 rings (SSSR count). The first-order valence-electron chi connectivity index (χ1n) is 12.0. The Hall–Kier alpha value is -0.130. The van der Waals surface area contributed by atoms with Crippen LogP contribution in [0.15, 0.2) is 0 Å². The van der Waals surface area contributed by atoms with E-state index < -0.39 is 10.1 Å². The lowest BCUT2D eigenvalue weighted by Crippen LogP contribution is -2.03. The number of hydrogen-bond acceptors (Lipinski definition) is 3. The fraction of sp³-hybridized carbons (Fsp3) is 1.00. The van der Waals surface area contributed by atoms with Gasteiger partial charge in [0.25, 0.3) is 10.1 Å². The quantitative estimate of drug-likeness (QED) is 0.136. The van der Waals surface area contributed by atoms with E-state index in [2.05, 4.69) is 6.92 Å². The van der Waals surface area contributed by atoms with Gasteiger partial charge in [-0.1, -0.05) is 135 Å². The third kappa shape index (κ3) is 28.1. The van der Waals surface area contributed by atoms with E-state index in [9.17, 15) is 8.42 Å². The summed E-state index contributed by atoms with van der Waals surface area (Å²) >= 11 is 0. The molecule has 0 radical (unpaired) electrons. The van der Waals surface area contributed by atoms with Crippen molar-refractivity contribution in [1.29, 1.82) is 0 Å². The first kappa shape index (κ1) is 30.1. The molecule has 0 fully saturated rings. The van der Waals surface area contributed by atoms with Gasteiger partial charge in [0, 0.05) is 0 Å². The van der Waals surface area contributed by atoms with Crippen LogP contribution in [0.5, 0.6) is 0 Å². The van der Waals surface area contributed by atoms with Crippen LogP contribution in [0.3, 0.4) is 0 Å². The van der Waals surface area contributed by atoms with E-state index in [1.165, 1.54) is 116 Å². The molecule has 0 unspecified atom stereocenters. The number of unbranched alkanes of at least 4 members (excludes halogenated alkanes) is 20. The van der Waals surface area contributed by atoms with Gasteiger partial charge in [-0.25, -0.2) is 0 Å². The monoisotopic (exact) mass is 421 g/mol. The molecule has 0 amide bonds. The van der Waals surface area contributed by atoms with E-state index in [0.717, 1.165) is 12.8 Å². The highest BCUT2D eigenvalue weighted by atomic mass is 32.2. The molecule has 0 aromatic rings. The van der Waals surface area contributed by atoms with E-state index in [1.807, 2.05) is 0 Å². The smallest absolute Gasteiger partial charge is 0.264 e. The van der Waals surface area contributed by atoms with Crippen molar-refractivity contribution >= 4 is 10.1 Å². The molecule has 0 heterocycles. The Labute approximate surface area is 177 Å². The summed E-state index contributed by atoms with van der Waals surface area (Å²) in [7, 11) is -3.75. The van der Waals surface area contributed by atoms with Gasteiger partial charge in [-0.3, -0.25) is 4.55 Å². The summed E-state index contributed by atoms with van der Waals surface area (Å²) in [5, 5.41) is 0. The minimum absolute atomic E-state index is 0. The van der Waals surface area contributed by atoms with Crippen molar-refractivity contribution in [2.24, 2.45) is 0 Å². The van der Waals surface area contributed by atoms with Crippen LogP contribution in [0.4, 0.5) is 0 Å². The molecule has 4 nitrogen and oxygen atoms in total. The molecule has 0 saturated carbocycles. The molecule has 4 N–H and O–H groups in total. The van der Waals surface area contributed by atoms with Gasteiger partial charge in [-0.2, -0.15) is 8.42 Å². The molecule has 0 aromatic heterocycles. The molecule has 0 spiro atoms. The third-order valence-corrected chi connectivity index (χ3v) is 6.31. The normalized spacial score (nSPS) is 11.5. The highest BCUT2D eigenvalue weighted by Crippen LogP contribution is 2.15. The number of hydrogen-bond donors (Lipinski definition) is 2. The van der Waals surface area contributed by atoms with E-state index >= 15 is 0 Å². The summed E-state index contributed by atoms with van der Waals surface area (Å²) in [6, 6.07) is 0. The average molecular weight is 422 g/mol. The molecule has 0 atom stereocenters. The Morgan fingerprint density at radius 3 is 0.893 bits per heavy atom. The van der Waals surface area contributed by atoms with Crippen LogP contribution in [0.25, 0.3) is 0 Å². The summed E-state index contributed by atoms with van der Waals surface area (Å²) in [4.78, 5) is 0. The van der Waals surface area contributed by atoms with Gasteiger partial charge in [-0.15, -0.1) is 0 Å². The zero-order valence-electron chi connectivity index (χ0n) is 18.9. The predicted molar refractivity (Wildman–Crippen MR) is 124 cm³/mol. The Kier molecular flexibility index (Phi) is 24.9. The SMILES string of the molecule is CCCCCCCCCCCCCCCCCCCCCCCS(=O)(=O)O.N. The lowest BCUT2D eigenvalue weighted by molar-refractivity contribution is 0.478. The molecule has 0 aliphatic heterocycles. The zero-order chi connectivity index (χ0) is 20.1. The molecule has 5 heteroatoms. The van der Waals surface area contributed by atoms with Gasteiger partial charge in [0.05, 0.1) is 5.75 Å². The summed E-state index contributed by atoms with van der Waals surface area (Å²) in [5.74, 6) is -0.0773. The summed E-state index contributed by atoms with van der Waals surface area (Å²) in [6.07, 6.45) is 27.6. The lowest BCUT2D eigenvalue weighted by atomic mass is 10.0. The fourth-order valence-corrected chi connectivity index (χ4v) is 4.29. The van der Waals surface area contributed by atoms with Crippen molar-refractivity contribution in [1.82, 2.24) is 6.15 Å². The Bertz CT molecular complexity index is 385. The minimum atomic E-state index is -3.75. The Morgan fingerprint density at radius 2 is 0.679 bits per heavy atom. The first-order chi connectivity index (χ1) is 13.1. The van der Waals surface area contributed by atoms with Gasteiger partial charge < -0.3 is 6.15 Å². The molecule has 28 heavy (non-hydrogen) atoms. The van der Waals surface area contributed by atoms with Crippen molar-refractivity contribution in [3.63, 3.8) is 0 Å². The maximum Gasteiger partial charge on any atom is 0.264 e.